The number of likely N-dealkylation sites (tertiary alicyclic amines) is 1. The molecule has 0 aromatic heterocycles. The van der Waals surface area contributed by atoms with E-state index in [0.29, 0.717) is 6.10 Å². The molecular formula is C18H34N2O2. The van der Waals surface area contributed by atoms with Gasteiger partial charge in [-0.1, -0.05) is 12.8 Å². The fraction of sp³-hybridized carbons (Fsp3) is 1.00. The van der Waals surface area contributed by atoms with Crippen molar-refractivity contribution in [1.82, 2.24) is 9.80 Å². The van der Waals surface area contributed by atoms with Crippen molar-refractivity contribution in [2.75, 3.05) is 45.9 Å². The highest BCUT2D eigenvalue weighted by molar-refractivity contribution is 4.83. The standard InChI is InChI=1S/C18H34N2O2/c21-12-11-19(15-18-6-3-13-22-18)14-16-7-9-20(10-8-16)17-4-1-2-5-17/h16-18,21H,1-15H2. The average Bonchev–Trinajstić information content (AvgIpc) is 3.21. The Labute approximate surface area is 135 Å². The number of rotatable bonds is 7. The predicted octanol–water partition coefficient (Wildman–Crippen LogP) is 2.11. The number of piperidine rings is 1. The average molecular weight is 310 g/mol. The Hall–Kier alpha value is -0.160. The van der Waals surface area contributed by atoms with Gasteiger partial charge in [-0.05, 0) is 57.5 Å². The molecule has 4 heteroatoms. The molecule has 0 aromatic carbocycles. The van der Waals surface area contributed by atoms with Gasteiger partial charge in [-0.25, -0.2) is 0 Å². The smallest absolute Gasteiger partial charge is 0.0702 e. The molecule has 0 aromatic rings. The minimum absolute atomic E-state index is 0.271. The Balaban J connectivity index is 1.40. The summed E-state index contributed by atoms with van der Waals surface area (Å²) in [6.45, 7) is 6.76. The zero-order valence-electron chi connectivity index (χ0n) is 14.1. The van der Waals surface area contributed by atoms with Gasteiger partial charge in [0, 0.05) is 32.3 Å². The molecule has 2 aliphatic heterocycles. The van der Waals surface area contributed by atoms with E-state index in [9.17, 15) is 5.11 Å². The van der Waals surface area contributed by atoms with E-state index in [0.717, 1.165) is 38.2 Å². The monoisotopic (exact) mass is 310 g/mol. The molecule has 0 bridgehead atoms. The van der Waals surface area contributed by atoms with Crippen LogP contribution in [0.5, 0.6) is 0 Å². The van der Waals surface area contributed by atoms with Gasteiger partial charge in [0.2, 0.25) is 0 Å². The third-order valence-corrected chi connectivity index (χ3v) is 5.91. The van der Waals surface area contributed by atoms with Gasteiger partial charge >= 0.3 is 0 Å². The van der Waals surface area contributed by atoms with Crippen molar-refractivity contribution < 1.29 is 9.84 Å². The number of hydrogen-bond donors (Lipinski definition) is 1. The van der Waals surface area contributed by atoms with Crippen molar-refractivity contribution in [2.24, 2.45) is 5.92 Å². The topological polar surface area (TPSA) is 35.9 Å². The maximum absolute atomic E-state index is 9.33. The van der Waals surface area contributed by atoms with Crippen LogP contribution in [0, 0.1) is 5.92 Å². The van der Waals surface area contributed by atoms with Crippen LogP contribution in [0.4, 0.5) is 0 Å². The van der Waals surface area contributed by atoms with Gasteiger partial charge < -0.3 is 14.7 Å². The largest absolute Gasteiger partial charge is 0.395 e. The summed E-state index contributed by atoms with van der Waals surface area (Å²) in [5.74, 6) is 0.811. The molecule has 4 nitrogen and oxygen atoms in total. The van der Waals surface area contributed by atoms with Crippen LogP contribution in [0.2, 0.25) is 0 Å². The van der Waals surface area contributed by atoms with E-state index < -0.39 is 0 Å². The molecule has 1 unspecified atom stereocenters. The number of nitrogens with zero attached hydrogens (tertiary/aromatic N) is 2. The van der Waals surface area contributed by atoms with Gasteiger partial charge in [0.1, 0.15) is 0 Å². The molecule has 0 amide bonds. The fourth-order valence-corrected chi connectivity index (χ4v) is 4.61. The van der Waals surface area contributed by atoms with Crippen LogP contribution in [0.1, 0.15) is 51.4 Å². The molecule has 3 aliphatic rings. The summed E-state index contributed by atoms with van der Waals surface area (Å²) in [6, 6.07) is 0.890. The van der Waals surface area contributed by atoms with Crippen LogP contribution in [0.15, 0.2) is 0 Å². The second-order valence-corrected chi connectivity index (χ2v) is 7.54. The molecule has 1 N–H and O–H groups in total. The third kappa shape index (κ3) is 4.67. The van der Waals surface area contributed by atoms with Crippen LogP contribution in [-0.2, 0) is 4.74 Å². The Morgan fingerprint density at radius 1 is 0.955 bits per heavy atom. The summed E-state index contributed by atoms with van der Waals surface area (Å²) < 4.78 is 5.77. The zero-order valence-corrected chi connectivity index (χ0v) is 14.1. The second kappa shape index (κ2) is 8.62. The summed E-state index contributed by atoms with van der Waals surface area (Å²) in [7, 11) is 0. The van der Waals surface area contributed by atoms with Crippen LogP contribution in [0.3, 0.4) is 0 Å². The van der Waals surface area contributed by atoms with E-state index >= 15 is 0 Å². The van der Waals surface area contributed by atoms with E-state index in [-0.39, 0.29) is 6.61 Å². The van der Waals surface area contributed by atoms with E-state index in [4.69, 9.17) is 4.74 Å². The SMILES string of the molecule is OCCN(CC1CCN(C2CCCC2)CC1)CC1CCCO1. The van der Waals surface area contributed by atoms with Crippen molar-refractivity contribution in [3.63, 3.8) is 0 Å². The summed E-state index contributed by atoms with van der Waals surface area (Å²) >= 11 is 0. The molecule has 0 spiro atoms. The Morgan fingerprint density at radius 3 is 2.36 bits per heavy atom. The number of hydrogen-bond acceptors (Lipinski definition) is 4. The van der Waals surface area contributed by atoms with Gasteiger partial charge in [-0.15, -0.1) is 0 Å². The van der Waals surface area contributed by atoms with Gasteiger partial charge in [-0.2, -0.15) is 0 Å². The quantitative estimate of drug-likeness (QED) is 0.781. The number of ether oxygens (including phenoxy) is 1. The lowest BCUT2D eigenvalue weighted by molar-refractivity contribution is 0.0503. The molecule has 1 atom stereocenters. The highest BCUT2D eigenvalue weighted by Crippen LogP contribution is 2.28. The highest BCUT2D eigenvalue weighted by Gasteiger charge is 2.28. The second-order valence-electron chi connectivity index (χ2n) is 7.54. The lowest BCUT2D eigenvalue weighted by Gasteiger charge is -2.38. The molecule has 3 rings (SSSR count). The Bertz CT molecular complexity index is 306. The van der Waals surface area contributed by atoms with Crippen LogP contribution in [0.25, 0.3) is 0 Å². The lowest BCUT2D eigenvalue weighted by atomic mass is 9.94. The molecule has 3 fully saturated rings. The molecule has 0 radical (unpaired) electrons. The molecule has 2 saturated heterocycles. The first-order valence-electron chi connectivity index (χ1n) is 9.54. The molecule has 128 valence electrons. The minimum atomic E-state index is 0.271. The van der Waals surface area contributed by atoms with Crippen LogP contribution < -0.4 is 0 Å². The van der Waals surface area contributed by atoms with Crippen molar-refractivity contribution in [2.45, 2.75) is 63.5 Å². The van der Waals surface area contributed by atoms with Crippen molar-refractivity contribution in [1.29, 1.82) is 0 Å². The maximum atomic E-state index is 9.33. The summed E-state index contributed by atoms with van der Waals surface area (Å²) in [4.78, 5) is 5.20. The number of aliphatic hydroxyl groups is 1. The van der Waals surface area contributed by atoms with E-state index in [1.807, 2.05) is 0 Å². The predicted molar refractivity (Wildman–Crippen MR) is 89.1 cm³/mol. The highest BCUT2D eigenvalue weighted by atomic mass is 16.5. The van der Waals surface area contributed by atoms with Gasteiger partial charge in [0.05, 0.1) is 12.7 Å². The number of aliphatic hydroxyl groups excluding tert-OH is 1. The molecule has 1 saturated carbocycles. The first-order valence-corrected chi connectivity index (χ1v) is 9.54. The lowest BCUT2D eigenvalue weighted by Crippen LogP contribution is -2.44. The van der Waals surface area contributed by atoms with Gasteiger partial charge in [-0.3, -0.25) is 4.90 Å². The van der Waals surface area contributed by atoms with Crippen LogP contribution >= 0.6 is 0 Å². The van der Waals surface area contributed by atoms with Gasteiger partial charge in [0.15, 0.2) is 0 Å². The van der Waals surface area contributed by atoms with Gasteiger partial charge in [0.25, 0.3) is 0 Å². The Kier molecular flexibility index (Phi) is 6.54. The molecule has 2 heterocycles. The molecular weight excluding hydrogens is 276 g/mol. The van der Waals surface area contributed by atoms with E-state index in [2.05, 4.69) is 9.80 Å². The van der Waals surface area contributed by atoms with Crippen molar-refractivity contribution >= 4 is 0 Å². The first-order chi connectivity index (χ1) is 10.8. The third-order valence-electron chi connectivity index (χ3n) is 5.91. The summed E-state index contributed by atoms with van der Waals surface area (Å²) in [5.41, 5.74) is 0. The van der Waals surface area contributed by atoms with Crippen LogP contribution in [-0.4, -0.2) is 73.0 Å². The van der Waals surface area contributed by atoms with E-state index in [1.54, 1.807) is 0 Å². The van der Waals surface area contributed by atoms with Crippen molar-refractivity contribution in [3.05, 3.63) is 0 Å². The van der Waals surface area contributed by atoms with E-state index in [1.165, 1.54) is 64.5 Å². The maximum Gasteiger partial charge on any atom is 0.0702 e. The molecule has 1 aliphatic carbocycles. The Morgan fingerprint density at radius 2 is 1.73 bits per heavy atom. The summed E-state index contributed by atoms with van der Waals surface area (Å²) in [5, 5.41) is 9.33. The van der Waals surface area contributed by atoms with Crippen molar-refractivity contribution in [3.8, 4) is 0 Å². The normalized spacial score (nSPS) is 28.9. The summed E-state index contributed by atoms with van der Waals surface area (Å²) in [6.07, 6.45) is 11.2. The molecule has 22 heavy (non-hydrogen) atoms. The minimum Gasteiger partial charge on any atom is -0.395 e. The fourth-order valence-electron chi connectivity index (χ4n) is 4.61. The zero-order chi connectivity index (χ0) is 15.2. The first kappa shape index (κ1) is 16.7.